The SMILES string of the molecule is O=C(Nc1nnc(-c2ccccc2)s1)c1ccc(OC(F)(F)F)cc1. The predicted octanol–water partition coefficient (Wildman–Crippen LogP) is 4.36. The van der Waals surface area contributed by atoms with Crippen LogP contribution in [0.1, 0.15) is 10.4 Å². The summed E-state index contributed by atoms with van der Waals surface area (Å²) in [5.74, 6) is -0.902. The van der Waals surface area contributed by atoms with Crippen molar-refractivity contribution in [3.05, 3.63) is 60.2 Å². The molecule has 9 heteroatoms. The molecule has 1 aromatic heterocycles. The second kappa shape index (κ2) is 6.89. The lowest BCUT2D eigenvalue weighted by Crippen LogP contribution is -2.17. The number of halogens is 3. The number of hydrogen-bond donors (Lipinski definition) is 1. The van der Waals surface area contributed by atoms with Crippen LogP contribution in [-0.2, 0) is 0 Å². The molecule has 1 amide bonds. The lowest BCUT2D eigenvalue weighted by atomic mass is 10.2. The molecule has 0 bridgehead atoms. The largest absolute Gasteiger partial charge is 0.573 e. The van der Waals surface area contributed by atoms with E-state index in [1.165, 1.54) is 23.5 Å². The molecule has 0 fully saturated rings. The molecule has 0 spiro atoms. The highest BCUT2D eigenvalue weighted by Gasteiger charge is 2.31. The molecule has 0 aliphatic carbocycles. The molecule has 25 heavy (non-hydrogen) atoms. The van der Waals surface area contributed by atoms with Crippen molar-refractivity contribution < 1.29 is 22.7 Å². The van der Waals surface area contributed by atoms with E-state index < -0.39 is 18.0 Å². The second-order valence-electron chi connectivity index (χ2n) is 4.80. The van der Waals surface area contributed by atoms with E-state index in [9.17, 15) is 18.0 Å². The number of hydrogen-bond acceptors (Lipinski definition) is 5. The van der Waals surface area contributed by atoms with Crippen molar-refractivity contribution in [2.75, 3.05) is 5.32 Å². The summed E-state index contributed by atoms with van der Waals surface area (Å²) in [6.45, 7) is 0. The molecule has 0 aliphatic heterocycles. The molecule has 1 heterocycles. The van der Waals surface area contributed by atoms with E-state index in [-0.39, 0.29) is 5.56 Å². The van der Waals surface area contributed by atoms with E-state index in [1.54, 1.807) is 0 Å². The summed E-state index contributed by atoms with van der Waals surface area (Å²) in [6, 6.07) is 13.9. The maximum absolute atomic E-state index is 12.1. The monoisotopic (exact) mass is 365 g/mol. The summed E-state index contributed by atoms with van der Waals surface area (Å²) in [5, 5.41) is 11.4. The van der Waals surface area contributed by atoms with Crippen LogP contribution in [0, 0.1) is 0 Å². The molecule has 128 valence electrons. The predicted molar refractivity (Wildman–Crippen MR) is 86.4 cm³/mol. The van der Waals surface area contributed by atoms with Gasteiger partial charge in [0, 0.05) is 11.1 Å². The molecule has 0 radical (unpaired) electrons. The van der Waals surface area contributed by atoms with Gasteiger partial charge in [-0.3, -0.25) is 10.1 Å². The van der Waals surface area contributed by atoms with Gasteiger partial charge in [-0.05, 0) is 24.3 Å². The van der Waals surface area contributed by atoms with Crippen LogP contribution in [0.25, 0.3) is 10.6 Å². The Morgan fingerprint density at radius 2 is 1.68 bits per heavy atom. The Bertz CT molecular complexity index is 864. The highest BCUT2D eigenvalue weighted by Crippen LogP contribution is 2.27. The smallest absolute Gasteiger partial charge is 0.406 e. The van der Waals surface area contributed by atoms with Crippen molar-refractivity contribution in [1.82, 2.24) is 10.2 Å². The Kier molecular flexibility index (Phi) is 4.66. The number of alkyl halides is 3. The summed E-state index contributed by atoms with van der Waals surface area (Å²) in [5.41, 5.74) is 1.04. The average Bonchev–Trinajstić information content (AvgIpc) is 3.03. The maximum Gasteiger partial charge on any atom is 0.573 e. The van der Waals surface area contributed by atoms with Gasteiger partial charge in [0.15, 0.2) is 0 Å². The van der Waals surface area contributed by atoms with E-state index in [2.05, 4.69) is 20.3 Å². The number of ether oxygens (including phenoxy) is 1. The number of amides is 1. The van der Waals surface area contributed by atoms with Crippen LogP contribution in [-0.4, -0.2) is 22.5 Å². The fraction of sp³-hybridized carbons (Fsp3) is 0.0625. The number of nitrogens with zero attached hydrogens (tertiary/aromatic N) is 2. The highest BCUT2D eigenvalue weighted by atomic mass is 32.1. The van der Waals surface area contributed by atoms with Crippen molar-refractivity contribution >= 4 is 22.4 Å². The van der Waals surface area contributed by atoms with E-state index in [4.69, 9.17) is 0 Å². The van der Waals surface area contributed by atoms with Crippen molar-refractivity contribution in [2.24, 2.45) is 0 Å². The van der Waals surface area contributed by atoms with Gasteiger partial charge < -0.3 is 4.74 Å². The molecular weight excluding hydrogens is 355 g/mol. The normalized spacial score (nSPS) is 11.2. The van der Waals surface area contributed by atoms with E-state index in [0.717, 1.165) is 17.7 Å². The first-order chi connectivity index (χ1) is 11.9. The fourth-order valence-electron chi connectivity index (χ4n) is 1.95. The first kappa shape index (κ1) is 16.9. The van der Waals surface area contributed by atoms with Gasteiger partial charge in [-0.15, -0.1) is 23.4 Å². The number of aromatic nitrogens is 2. The Balaban J connectivity index is 1.67. The van der Waals surface area contributed by atoms with Crippen LogP contribution in [0.4, 0.5) is 18.3 Å². The lowest BCUT2D eigenvalue weighted by Gasteiger charge is -2.08. The van der Waals surface area contributed by atoms with E-state index in [0.29, 0.717) is 10.1 Å². The van der Waals surface area contributed by atoms with Gasteiger partial charge >= 0.3 is 6.36 Å². The third-order valence-corrected chi connectivity index (χ3v) is 3.90. The molecule has 5 nitrogen and oxygen atoms in total. The fourth-order valence-corrected chi connectivity index (χ4v) is 2.69. The molecule has 1 N–H and O–H groups in total. The minimum absolute atomic E-state index is 0.172. The number of anilines is 1. The molecule has 0 unspecified atom stereocenters. The number of rotatable bonds is 4. The van der Waals surface area contributed by atoms with Crippen LogP contribution in [0.3, 0.4) is 0 Å². The number of carbonyl (C=O) groups excluding carboxylic acids is 1. The second-order valence-corrected chi connectivity index (χ2v) is 5.78. The minimum atomic E-state index is -4.77. The highest BCUT2D eigenvalue weighted by molar-refractivity contribution is 7.18. The first-order valence-corrected chi connectivity index (χ1v) is 7.78. The van der Waals surface area contributed by atoms with E-state index >= 15 is 0 Å². The molecule has 2 aromatic carbocycles. The Hall–Kier alpha value is -2.94. The van der Waals surface area contributed by atoms with Gasteiger partial charge in [0.2, 0.25) is 5.13 Å². The van der Waals surface area contributed by atoms with Gasteiger partial charge in [-0.2, -0.15) is 0 Å². The minimum Gasteiger partial charge on any atom is -0.406 e. The van der Waals surface area contributed by atoms with Crippen LogP contribution >= 0.6 is 11.3 Å². The molecule has 3 rings (SSSR count). The van der Waals surface area contributed by atoms with Gasteiger partial charge in [0.1, 0.15) is 10.8 Å². The van der Waals surface area contributed by atoms with Gasteiger partial charge in [-0.25, -0.2) is 0 Å². The summed E-state index contributed by atoms with van der Waals surface area (Å²) in [6.07, 6.45) is -4.77. The topological polar surface area (TPSA) is 64.1 Å². The molecular formula is C16H10F3N3O2S. The number of nitrogens with one attached hydrogen (secondary N) is 1. The standard InChI is InChI=1S/C16H10F3N3O2S/c17-16(18,19)24-12-8-6-10(7-9-12)13(23)20-15-22-21-14(25-15)11-4-2-1-3-5-11/h1-9H,(H,20,22,23). The van der Waals surface area contributed by atoms with Crippen molar-refractivity contribution in [1.29, 1.82) is 0 Å². The zero-order valence-electron chi connectivity index (χ0n) is 12.4. The number of benzene rings is 2. The lowest BCUT2D eigenvalue weighted by molar-refractivity contribution is -0.274. The van der Waals surface area contributed by atoms with Crippen LogP contribution in [0.15, 0.2) is 54.6 Å². The summed E-state index contributed by atoms with van der Waals surface area (Å²) in [4.78, 5) is 12.1. The first-order valence-electron chi connectivity index (χ1n) is 6.97. The third kappa shape index (κ3) is 4.54. The average molecular weight is 365 g/mol. The van der Waals surface area contributed by atoms with Gasteiger partial charge in [0.05, 0.1) is 0 Å². The maximum atomic E-state index is 12.1. The zero-order chi connectivity index (χ0) is 17.9. The third-order valence-electron chi connectivity index (χ3n) is 3.02. The molecule has 3 aromatic rings. The zero-order valence-corrected chi connectivity index (χ0v) is 13.3. The van der Waals surface area contributed by atoms with Crippen molar-refractivity contribution in [3.63, 3.8) is 0 Å². The Labute approximate surface area is 144 Å². The van der Waals surface area contributed by atoms with Gasteiger partial charge in [-0.1, -0.05) is 41.7 Å². The Morgan fingerprint density at radius 1 is 1.00 bits per heavy atom. The summed E-state index contributed by atoms with van der Waals surface area (Å²) < 4.78 is 40.1. The van der Waals surface area contributed by atoms with E-state index in [1.807, 2.05) is 30.3 Å². The molecule has 0 saturated carbocycles. The molecule has 0 atom stereocenters. The summed E-state index contributed by atoms with van der Waals surface area (Å²) in [7, 11) is 0. The van der Waals surface area contributed by atoms with Crippen molar-refractivity contribution in [3.8, 4) is 16.3 Å². The molecule has 0 aliphatic rings. The molecule has 0 saturated heterocycles. The van der Waals surface area contributed by atoms with Crippen LogP contribution in [0.5, 0.6) is 5.75 Å². The van der Waals surface area contributed by atoms with Crippen LogP contribution in [0.2, 0.25) is 0 Å². The summed E-state index contributed by atoms with van der Waals surface area (Å²) >= 11 is 1.19. The number of carbonyl (C=O) groups is 1. The Morgan fingerprint density at radius 3 is 2.32 bits per heavy atom. The van der Waals surface area contributed by atoms with Crippen LogP contribution < -0.4 is 10.1 Å². The van der Waals surface area contributed by atoms with Crippen molar-refractivity contribution in [2.45, 2.75) is 6.36 Å². The quantitative estimate of drug-likeness (QED) is 0.746. The van der Waals surface area contributed by atoms with Gasteiger partial charge in [0.25, 0.3) is 5.91 Å².